The Hall–Kier alpha value is -2.13. The van der Waals surface area contributed by atoms with Gasteiger partial charge in [-0.25, -0.2) is 0 Å². The summed E-state index contributed by atoms with van der Waals surface area (Å²) in [6.07, 6.45) is 3.13. The van der Waals surface area contributed by atoms with Crippen molar-refractivity contribution in [1.82, 2.24) is 4.90 Å². The molecule has 2 aliphatic rings. The summed E-state index contributed by atoms with van der Waals surface area (Å²) in [5.41, 5.74) is 3.66. The first-order valence-corrected chi connectivity index (χ1v) is 8.94. The maximum Gasteiger partial charge on any atom is 0.228 e. The second kappa shape index (κ2) is 6.78. The number of hydrogen-bond donors (Lipinski definition) is 1. The van der Waals surface area contributed by atoms with E-state index in [4.69, 9.17) is 0 Å². The van der Waals surface area contributed by atoms with Crippen molar-refractivity contribution < 1.29 is 4.79 Å². The summed E-state index contributed by atoms with van der Waals surface area (Å²) in [6.45, 7) is 3.20. The number of anilines is 1. The van der Waals surface area contributed by atoms with E-state index in [9.17, 15) is 4.79 Å². The molecule has 3 nitrogen and oxygen atoms in total. The molecule has 0 saturated carbocycles. The van der Waals surface area contributed by atoms with Crippen LogP contribution >= 0.6 is 0 Å². The molecule has 1 N–H and O–H groups in total. The number of piperidine rings is 1. The van der Waals surface area contributed by atoms with Gasteiger partial charge in [0.25, 0.3) is 0 Å². The van der Waals surface area contributed by atoms with Gasteiger partial charge in [0.1, 0.15) is 0 Å². The third-order valence-corrected chi connectivity index (χ3v) is 5.50. The summed E-state index contributed by atoms with van der Waals surface area (Å²) < 4.78 is 0. The fourth-order valence-corrected chi connectivity index (χ4v) is 4.11. The van der Waals surface area contributed by atoms with Crippen molar-refractivity contribution in [2.24, 2.45) is 11.8 Å². The van der Waals surface area contributed by atoms with Gasteiger partial charge in [-0.05, 0) is 55.5 Å². The molecule has 1 fully saturated rings. The van der Waals surface area contributed by atoms with Gasteiger partial charge in [0.15, 0.2) is 0 Å². The van der Waals surface area contributed by atoms with Crippen LogP contribution in [0.1, 0.15) is 24.0 Å². The molecule has 0 radical (unpaired) electrons. The molecule has 3 heteroatoms. The Bertz CT molecular complexity index is 705. The number of carbonyl (C=O) groups is 1. The van der Waals surface area contributed by atoms with Crippen LogP contribution in [0.25, 0.3) is 0 Å². The molecule has 0 bridgehead atoms. The fraction of sp³-hybridized carbons (Fsp3) is 0.381. The van der Waals surface area contributed by atoms with E-state index < -0.39 is 0 Å². The van der Waals surface area contributed by atoms with Crippen LogP contribution in [0.15, 0.2) is 54.6 Å². The van der Waals surface area contributed by atoms with E-state index in [0.29, 0.717) is 5.92 Å². The second-order valence-corrected chi connectivity index (χ2v) is 7.06. The molecule has 2 aromatic carbocycles. The van der Waals surface area contributed by atoms with Crippen LogP contribution in [-0.2, 0) is 17.8 Å². The summed E-state index contributed by atoms with van der Waals surface area (Å²) in [6, 6.07) is 18.9. The average molecular weight is 320 g/mol. The average Bonchev–Trinajstić information content (AvgIpc) is 2.63. The van der Waals surface area contributed by atoms with Crippen LogP contribution in [0.5, 0.6) is 0 Å². The highest BCUT2D eigenvalue weighted by Crippen LogP contribution is 2.34. The Kier molecular flexibility index (Phi) is 4.35. The molecule has 1 amide bonds. The van der Waals surface area contributed by atoms with Crippen LogP contribution in [0.2, 0.25) is 0 Å². The van der Waals surface area contributed by atoms with Crippen molar-refractivity contribution in [1.29, 1.82) is 0 Å². The van der Waals surface area contributed by atoms with Crippen molar-refractivity contribution >= 4 is 11.6 Å². The minimum atomic E-state index is 0.138. The van der Waals surface area contributed by atoms with E-state index in [1.54, 1.807) is 0 Å². The number of hydrogen-bond acceptors (Lipinski definition) is 2. The van der Waals surface area contributed by atoms with Gasteiger partial charge in [-0.1, -0.05) is 48.5 Å². The zero-order chi connectivity index (χ0) is 16.4. The molecule has 1 saturated heterocycles. The lowest BCUT2D eigenvalue weighted by Gasteiger charge is -2.37. The molecule has 2 aromatic rings. The number of para-hydroxylation sites is 1. The molecule has 4 rings (SSSR count). The third-order valence-electron chi connectivity index (χ3n) is 5.50. The maximum atomic E-state index is 12.5. The van der Waals surface area contributed by atoms with E-state index >= 15 is 0 Å². The van der Waals surface area contributed by atoms with Gasteiger partial charge < -0.3 is 5.32 Å². The molecule has 1 unspecified atom stereocenters. The highest BCUT2D eigenvalue weighted by Gasteiger charge is 2.34. The number of nitrogens with one attached hydrogen (secondary N) is 1. The minimum Gasteiger partial charge on any atom is -0.326 e. The summed E-state index contributed by atoms with van der Waals surface area (Å²) in [5.74, 6) is 0.861. The van der Waals surface area contributed by atoms with Crippen molar-refractivity contribution in [2.45, 2.75) is 25.8 Å². The highest BCUT2D eigenvalue weighted by molar-refractivity contribution is 5.95. The van der Waals surface area contributed by atoms with Crippen LogP contribution in [0.3, 0.4) is 0 Å². The number of benzene rings is 2. The van der Waals surface area contributed by atoms with E-state index in [0.717, 1.165) is 44.6 Å². The number of fused-ring (bicyclic) bond motifs is 1. The minimum absolute atomic E-state index is 0.138. The highest BCUT2D eigenvalue weighted by atomic mass is 16.2. The van der Waals surface area contributed by atoms with Crippen LogP contribution in [-0.4, -0.2) is 23.9 Å². The van der Waals surface area contributed by atoms with Gasteiger partial charge in [-0.2, -0.15) is 0 Å². The Balaban J connectivity index is 1.37. The SMILES string of the molecule is O=C1Nc2ccccc2CC1C1CCN(Cc2ccccc2)CC1. The number of likely N-dealkylation sites (tertiary alicyclic amines) is 1. The molecule has 124 valence electrons. The molecule has 1 atom stereocenters. The molecular formula is C21H24N2O. The zero-order valence-corrected chi connectivity index (χ0v) is 13.9. The molecule has 0 aromatic heterocycles. The largest absolute Gasteiger partial charge is 0.326 e. The topological polar surface area (TPSA) is 32.3 Å². The molecular weight excluding hydrogens is 296 g/mol. The molecule has 0 spiro atoms. The van der Waals surface area contributed by atoms with Gasteiger partial charge >= 0.3 is 0 Å². The van der Waals surface area contributed by atoms with Gasteiger partial charge in [0.05, 0.1) is 0 Å². The summed E-state index contributed by atoms with van der Waals surface area (Å²) in [4.78, 5) is 15.0. The van der Waals surface area contributed by atoms with Crippen molar-refractivity contribution in [3.05, 3.63) is 65.7 Å². The first-order chi connectivity index (χ1) is 11.8. The van der Waals surface area contributed by atoms with Crippen molar-refractivity contribution in [2.75, 3.05) is 18.4 Å². The van der Waals surface area contributed by atoms with Crippen LogP contribution in [0, 0.1) is 11.8 Å². The van der Waals surface area contributed by atoms with Gasteiger partial charge in [0, 0.05) is 18.2 Å². The number of rotatable bonds is 3. The van der Waals surface area contributed by atoms with Gasteiger partial charge in [-0.15, -0.1) is 0 Å². The van der Waals surface area contributed by atoms with Crippen LogP contribution in [0.4, 0.5) is 5.69 Å². The summed E-state index contributed by atoms with van der Waals surface area (Å²) in [7, 11) is 0. The fourth-order valence-electron chi connectivity index (χ4n) is 4.11. The lowest BCUT2D eigenvalue weighted by molar-refractivity contribution is -0.122. The first-order valence-electron chi connectivity index (χ1n) is 8.94. The van der Waals surface area contributed by atoms with Gasteiger partial charge in [-0.3, -0.25) is 9.69 Å². The third kappa shape index (κ3) is 3.22. The lowest BCUT2D eigenvalue weighted by Crippen LogP contribution is -2.41. The maximum absolute atomic E-state index is 12.5. The Morgan fingerprint density at radius 2 is 1.67 bits per heavy atom. The van der Waals surface area contributed by atoms with Crippen molar-refractivity contribution in [3.8, 4) is 0 Å². The van der Waals surface area contributed by atoms with Crippen LogP contribution < -0.4 is 5.32 Å². The number of carbonyl (C=O) groups excluding carboxylic acids is 1. The lowest BCUT2D eigenvalue weighted by atomic mass is 9.78. The predicted octanol–water partition coefficient (Wildman–Crippen LogP) is 3.71. The van der Waals surface area contributed by atoms with E-state index in [2.05, 4.69) is 52.7 Å². The quantitative estimate of drug-likeness (QED) is 0.935. The Labute approximate surface area is 143 Å². The molecule has 0 aliphatic carbocycles. The second-order valence-electron chi connectivity index (χ2n) is 7.06. The Morgan fingerprint density at radius 1 is 0.958 bits per heavy atom. The molecule has 24 heavy (non-hydrogen) atoms. The molecule has 2 aliphatic heterocycles. The predicted molar refractivity (Wildman–Crippen MR) is 96.7 cm³/mol. The van der Waals surface area contributed by atoms with E-state index in [1.807, 2.05) is 12.1 Å². The molecule has 2 heterocycles. The first kappa shape index (κ1) is 15.4. The number of amides is 1. The normalized spacial score (nSPS) is 22.0. The smallest absolute Gasteiger partial charge is 0.228 e. The monoisotopic (exact) mass is 320 g/mol. The summed E-state index contributed by atoms with van der Waals surface area (Å²) in [5, 5.41) is 3.11. The number of nitrogens with zero attached hydrogens (tertiary/aromatic N) is 1. The van der Waals surface area contributed by atoms with Gasteiger partial charge in [0.2, 0.25) is 5.91 Å². The standard InChI is InChI=1S/C21H24N2O/c24-21-19(14-18-8-4-5-9-20(18)22-21)17-10-12-23(13-11-17)15-16-6-2-1-3-7-16/h1-9,17,19H,10-15H2,(H,22,24). The zero-order valence-electron chi connectivity index (χ0n) is 13.9. The van der Waals surface area contributed by atoms with E-state index in [1.165, 1.54) is 11.1 Å². The van der Waals surface area contributed by atoms with E-state index in [-0.39, 0.29) is 11.8 Å². The summed E-state index contributed by atoms with van der Waals surface area (Å²) >= 11 is 0. The van der Waals surface area contributed by atoms with Crippen molar-refractivity contribution in [3.63, 3.8) is 0 Å². The Morgan fingerprint density at radius 3 is 2.46 bits per heavy atom.